The largest absolute Gasteiger partial charge is 0.507 e. The molecule has 34 heavy (non-hydrogen) atoms. The van der Waals surface area contributed by atoms with Gasteiger partial charge in [0.25, 0.3) is 11.7 Å². The van der Waals surface area contributed by atoms with Crippen molar-refractivity contribution < 1.29 is 29.0 Å². The van der Waals surface area contributed by atoms with Gasteiger partial charge >= 0.3 is 5.97 Å². The third-order valence-electron chi connectivity index (χ3n) is 5.54. The fourth-order valence-electron chi connectivity index (χ4n) is 3.98. The van der Waals surface area contributed by atoms with Crippen LogP contribution in [0.3, 0.4) is 0 Å². The number of carbonyl (C=O) groups is 3. The number of aliphatic hydroxyl groups excluding tert-OH is 1. The summed E-state index contributed by atoms with van der Waals surface area (Å²) in [7, 11) is 1.28. The summed E-state index contributed by atoms with van der Waals surface area (Å²) < 4.78 is 10.2. The molecule has 1 saturated heterocycles. The van der Waals surface area contributed by atoms with Crippen LogP contribution in [0.5, 0.6) is 5.75 Å². The lowest BCUT2D eigenvalue weighted by atomic mass is 9.95. The lowest BCUT2D eigenvalue weighted by Gasteiger charge is -2.25. The minimum Gasteiger partial charge on any atom is -0.507 e. The number of methoxy groups -OCH3 is 1. The van der Waals surface area contributed by atoms with Crippen molar-refractivity contribution in [1.29, 1.82) is 0 Å². The van der Waals surface area contributed by atoms with E-state index in [0.29, 0.717) is 34.7 Å². The molecular weight excluding hydrogens is 434 g/mol. The van der Waals surface area contributed by atoms with E-state index in [2.05, 4.69) is 0 Å². The molecule has 1 N–H and O–H groups in total. The second-order valence-electron chi connectivity index (χ2n) is 7.58. The van der Waals surface area contributed by atoms with Gasteiger partial charge in [0, 0.05) is 11.3 Å². The Labute approximate surface area is 196 Å². The number of hydrogen-bond donors (Lipinski definition) is 1. The van der Waals surface area contributed by atoms with Crippen LogP contribution in [-0.4, -0.2) is 36.5 Å². The molecule has 0 saturated carbocycles. The number of aliphatic hydroxyl groups is 1. The maximum atomic E-state index is 13.2. The highest BCUT2D eigenvalue weighted by atomic mass is 16.5. The van der Waals surface area contributed by atoms with Crippen molar-refractivity contribution in [2.45, 2.75) is 13.0 Å². The standard InChI is InChI=1S/C27H23NO6/c1-3-34-21-11-7-10-19(16-21)24(29)22-23(17-8-5-4-6-9-17)28(26(31)25(22)30)20-14-12-18(13-15-20)27(32)33-2/h4-16,23,29H,3H2,1-2H3/b24-22+. The number of ketones is 1. The van der Waals surface area contributed by atoms with Gasteiger partial charge in [0.05, 0.1) is 30.9 Å². The third kappa shape index (κ3) is 4.15. The molecule has 0 bridgehead atoms. The van der Waals surface area contributed by atoms with Gasteiger partial charge in [-0.2, -0.15) is 0 Å². The lowest BCUT2D eigenvalue weighted by Crippen LogP contribution is -2.29. The fourth-order valence-corrected chi connectivity index (χ4v) is 3.98. The van der Waals surface area contributed by atoms with Crippen LogP contribution in [0.4, 0.5) is 5.69 Å². The van der Waals surface area contributed by atoms with Crippen molar-refractivity contribution in [3.05, 3.63) is 101 Å². The van der Waals surface area contributed by atoms with Gasteiger partial charge in [-0.25, -0.2) is 4.79 Å². The summed E-state index contributed by atoms with van der Waals surface area (Å²) in [5, 5.41) is 11.2. The molecule has 3 aromatic carbocycles. The van der Waals surface area contributed by atoms with Crippen molar-refractivity contribution in [3.63, 3.8) is 0 Å². The van der Waals surface area contributed by atoms with Gasteiger partial charge in [-0.15, -0.1) is 0 Å². The molecule has 1 unspecified atom stereocenters. The lowest BCUT2D eigenvalue weighted by molar-refractivity contribution is -0.132. The minimum absolute atomic E-state index is 0.0260. The molecule has 0 aliphatic carbocycles. The van der Waals surface area contributed by atoms with Crippen LogP contribution >= 0.6 is 0 Å². The van der Waals surface area contributed by atoms with Gasteiger partial charge in [-0.3, -0.25) is 14.5 Å². The van der Waals surface area contributed by atoms with E-state index in [4.69, 9.17) is 9.47 Å². The average molecular weight is 457 g/mol. The Hall–Kier alpha value is -4.39. The Bertz CT molecular complexity index is 1260. The molecule has 7 nitrogen and oxygen atoms in total. The summed E-state index contributed by atoms with van der Waals surface area (Å²) in [5.41, 5.74) is 1.71. The normalized spacial score (nSPS) is 17.0. The van der Waals surface area contributed by atoms with Gasteiger partial charge in [0.2, 0.25) is 0 Å². The Morgan fingerprint density at radius 2 is 1.65 bits per heavy atom. The van der Waals surface area contributed by atoms with E-state index in [0.717, 1.165) is 0 Å². The molecule has 4 rings (SSSR count). The number of Topliss-reactive ketones (excluding diaryl/α,β-unsaturated/α-hetero) is 1. The van der Waals surface area contributed by atoms with Crippen LogP contribution in [-0.2, 0) is 14.3 Å². The van der Waals surface area contributed by atoms with Crippen LogP contribution < -0.4 is 9.64 Å². The molecular formula is C27H23NO6. The van der Waals surface area contributed by atoms with Gasteiger partial charge in [-0.1, -0.05) is 42.5 Å². The van der Waals surface area contributed by atoms with E-state index >= 15 is 0 Å². The number of hydrogen-bond acceptors (Lipinski definition) is 6. The molecule has 1 atom stereocenters. The molecule has 7 heteroatoms. The Morgan fingerprint density at radius 3 is 2.29 bits per heavy atom. The molecule has 3 aromatic rings. The fraction of sp³-hybridized carbons (Fsp3) is 0.148. The second-order valence-corrected chi connectivity index (χ2v) is 7.58. The van der Waals surface area contributed by atoms with Gasteiger partial charge in [-0.05, 0) is 48.9 Å². The predicted molar refractivity (Wildman–Crippen MR) is 127 cm³/mol. The Balaban J connectivity index is 1.86. The minimum atomic E-state index is -0.860. The van der Waals surface area contributed by atoms with Crippen molar-refractivity contribution in [3.8, 4) is 5.75 Å². The predicted octanol–water partition coefficient (Wildman–Crippen LogP) is 4.50. The van der Waals surface area contributed by atoms with Crippen molar-refractivity contribution in [2.24, 2.45) is 0 Å². The van der Waals surface area contributed by atoms with Crippen LogP contribution in [0.15, 0.2) is 84.4 Å². The number of anilines is 1. The SMILES string of the molecule is CCOc1cccc(/C(O)=C2\C(=O)C(=O)N(c3ccc(C(=O)OC)cc3)C2c2ccccc2)c1. The zero-order valence-electron chi connectivity index (χ0n) is 18.7. The number of ether oxygens (including phenoxy) is 2. The summed E-state index contributed by atoms with van der Waals surface area (Å²) in [6.07, 6.45) is 0. The van der Waals surface area contributed by atoms with Gasteiger partial charge in [0.15, 0.2) is 0 Å². The molecule has 0 aromatic heterocycles. The van der Waals surface area contributed by atoms with Crippen LogP contribution in [0.25, 0.3) is 5.76 Å². The summed E-state index contributed by atoms with van der Waals surface area (Å²) in [4.78, 5) is 39.5. The monoisotopic (exact) mass is 457 g/mol. The zero-order chi connectivity index (χ0) is 24.2. The van der Waals surface area contributed by atoms with Crippen LogP contribution in [0.1, 0.15) is 34.5 Å². The molecule has 0 radical (unpaired) electrons. The highest BCUT2D eigenvalue weighted by molar-refractivity contribution is 6.51. The van der Waals surface area contributed by atoms with E-state index in [9.17, 15) is 19.5 Å². The highest BCUT2D eigenvalue weighted by Crippen LogP contribution is 2.42. The molecule has 1 amide bonds. The number of esters is 1. The first-order valence-corrected chi connectivity index (χ1v) is 10.7. The highest BCUT2D eigenvalue weighted by Gasteiger charge is 2.46. The first-order valence-electron chi connectivity index (χ1n) is 10.7. The summed E-state index contributed by atoms with van der Waals surface area (Å²) in [6.45, 7) is 2.29. The molecule has 1 aliphatic heterocycles. The molecule has 1 aliphatic rings. The van der Waals surface area contributed by atoms with E-state index in [1.54, 1.807) is 60.7 Å². The van der Waals surface area contributed by atoms with E-state index < -0.39 is 23.7 Å². The summed E-state index contributed by atoms with van der Waals surface area (Å²) in [6, 6.07) is 21.1. The molecule has 0 spiro atoms. The van der Waals surface area contributed by atoms with E-state index in [1.807, 2.05) is 13.0 Å². The van der Waals surface area contributed by atoms with E-state index in [-0.39, 0.29) is 11.3 Å². The first-order chi connectivity index (χ1) is 16.5. The van der Waals surface area contributed by atoms with Crippen molar-refractivity contribution >= 4 is 29.1 Å². The number of amides is 1. The Kier molecular flexibility index (Phi) is 6.45. The van der Waals surface area contributed by atoms with Crippen LogP contribution in [0, 0.1) is 0 Å². The summed E-state index contributed by atoms with van der Waals surface area (Å²) in [5.74, 6) is -1.84. The number of rotatable bonds is 6. The molecule has 1 fully saturated rings. The maximum Gasteiger partial charge on any atom is 0.337 e. The molecule has 1 heterocycles. The number of nitrogens with zero attached hydrogens (tertiary/aromatic N) is 1. The van der Waals surface area contributed by atoms with Crippen molar-refractivity contribution in [2.75, 3.05) is 18.6 Å². The van der Waals surface area contributed by atoms with Crippen LogP contribution in [0.2, 0.25) is 0 Å². The number of benzene rings is 3. The quantitative estimate of drug-likeness (QED) is 0.254. The topological polar surface area (TPSA) is 93.1 Å². The maximum absolute atomic E-state index is 13.2. The number of carbonyl (C=O) groups excluding carboxylic acids is 3. The molecule has 172 valence electrons. The van der Waals surface area contributed by atoms with Crippen molar-refractivity contribution in [1.82, 2.24) is 0 Å². The average Bonchev–Trinajstić information content (AvgIpc) is 3.14. The van der Waals surface area contributed by atoms with Gasteiger partial charge in [0.1, 0.15) is 11.5 Å². The first kappa shape index (κ1) is 22.8. The third-order valence-corrected chi connectivity index (χ3v) is 5.54. The summed E-state index contributed by atoms with van der Waals surface area (Å²) >= 11 is 0. The van der Waals surface area contributed by atoms with Gasteiger partial charge < -0.3 is 14.6 Å². The smallest absolute Gasteiger partial charge is 0.337 e. The second kappa shape index (κ2) is 9.62. The zero-order valence-corrected chi connectivity index (χ0v) is 18.7. The van der Waals surface area contributed by atoms with E-state index in [1.165, 1.54) is 24.1 Å². The Morgan fingerprint density at radius 1 is 0.941 bits per heavy atom.